The largest absolute Gasteiger partial charge is 0.454 e. The lowest BCUT2D eigenvalue weighted by Crippen LogP contribution is -1.97. The van der Waals surface area contributed by atoms with E-state index in [4.69, 9.17) is 14.2 Å². The third kappa shape index (κ3) is 1.69. The molecule has 0 saturated heterocycles. The molecule has 0 atom stereocenters. The SMILES string of the molecule is c1cc2c(cc1Oc1ccc3nnnn3n1)OCO2. The summed E-state index contributed by atoms with van der Waals surface area (Å²) in [6.45, 7) is 0.230. The normalized spacial score (nSPS) is 12.8. The number of tetrazole rings is 1. The van der Waals surface area contributed by atoms with Crippen LogP contribution in [-0.2, 0) is 0 Å². The zero-order chi connectivity index (χ0) is 12.7. The second-order valence-electron chi connectivity index (χ2n) is 3.82. The van der Waals surface area contributed by atoms with Crippen molar-refractivity contribution in [2.24, 2.45) is 0 Å². The lowest BCUT2D eigenvalue weighted by Gasteiger charge is -2.04. The average molecular weight is 257 g/mol. The Morgan fingerprint density at radius 2 is 2.05 bits per heavy atom. The van der Waals surface area contributed by atoms with E-state index in [1.54, 1.807) is 30.3 Å². The van der Waals surface area contributed by atoms with Gasteiger partial charge in [-0.1, -0.05) is 0 Å². The summed E-state index contributed by atoms with van der Waals surface area (Å²) < 4.78 is 17.4. The molecule has 0 unspecified atom stereocenters. The van der Waals surface area contributed by atoms with Crippen LogP contribution in [0.4, 0.5) is 0 Å². The minimum absolute atomic E-state index is 0.230. The Morgan fingerprint density at radius 3 is 3.05 bits per heavy atom. The first kappa shape index (κ1) is 10.1. The first-order chi connectivity index (χ1) is 9.38. The van der Waals surface area contributed by atoms with Crippen molar-refractivity contribution >= 4 is 5.65 Å². The molecule has 0 amide bonds. The molecular formula is C11H7N5O3. The van der Waals surface area contributed by atoms with E-state index in [1.807, 2.05) is 0 Å². The molecule has 1 aromatic carbocycles. The molecule has 8 heteroatoms. The molecule has 0 saturated carbocycles. The van der Waals surface area contributed by atoms with Gasteiger partial charge in [-0.05, 0) is 28.6 Å². The van der Waals surface area contributed by atoms with Crippen molar-refractivity contribution in [2.75, 3.05) is 6.79 Å². The summed E-state index contributed by atoms with van der Waals surface area (Å²) in [6, 6.07) is 8.71. The van der Waals surface area contributed by atoms with Crippen LogP contribution < -0.4 is 14.2 Å². The fourth-order valence-electron chi connectivity index (χ4n) is 1.75. The Hall–Kier alpha value is -2.90. The zero-order valence-corrected chi connectivity index (χ0v) is 9.55. The summed E-state index contributed by atoms with van der Waals surface area (Å²) in [6.07, 6.45) is 0. The van der Waals surface area contributed by atoms with Crippen molar-refractivity contribution in [2.45, 2.75) is 0 Å². The highest BCUT2D eigenvalue weighted by molar-refractivity contribution is 5.47. The molecule has 0 fully saturated rings. The molecule has 0 spiro atoms. The molecule has 1 aliphatic rings. The second kappa shape index (κ2) is 3.80. The van der Waals surface area contributed by atoms with E-state index in [1.165, 1.54) is 4.63 Å². The van der Waals surface area contributed by atoms with Crippen molar-refractivity contribution in [3.8, 4) is 23.1 Å². The number of rotatable bonds is 2. The van der Waals surface area contributed by atoms with Gasteiger partial charge in [0.05, 0.1) is 0 Å². The summed E-state index contributed by atoms with van der Waals surface area (Å²) in [5.41, 5.74) is 0.554. The van der Waals surface area contributed by atoms with Crippen LogP contribution in [0.25, 0.3) is 5.65 Å². The molecule has 0 radical (unpaired) electrons. The van der Waals surface area contributed by atoms with Crippen molar-refractivity contribution in [3.05, 3.63) is 30.3 Å². The molecule has 1 aliphatic heterocycles. The van der Waals surface area contributed by atoms with E-state index in [-0.39, 0.29) is 6.79 Å². The van der Waals surface area contributed by atoms with E-state index in [2.05, 4.69) is 20.6 Å². The number of hydrogen-bond acceptors (Lipinski definition) is 7. The van der Waals surface area contributed by atoms with Crippen LogP contribution in [0.5, 0.6) is 23.1 Å². The number of aromatic nitrogens is 5. The quantitative estimate of drug-likeness (QED) is 0.678. The van der Waals surface area contributed by atoms with E-state index in [0.717, 1.165) is 0 Å². The van der Waals surface area contributed by atoms with Gasteiger partial charge < -0.3 is 14.2 Å². The monoisotopic (exact) mass is 257 g/mol. The Kier molecular flexibility index (Phi) is 2.01. The minimum atomic E-state index is 0.230. The molecule has 3 aromatic rings. The molecule has 0 bridgehead atoms. The predicted octanol–water partition coefficient (Wildman–Crippen LogP) is 1.04. The number of ether oxygens (including phenoxy) is 3. The van der Waals surface area contributed by atoms with Crippen LogP contribution in [0, 0.1) is 0 Å². The average Bonchev–Trinajstić information content (AvgIpc) is 3.05. The van der Waals surface area contributed by atoms with Gasteiger partial charge in [-0.2, -0.15) is 0 Å². The summed E-state index contributed by atoms with van der Waals surface area (Å²) in [5, 5.41) is 15.1. The van der Waals surface area contributed by atoms with Gasteiger partial charge in [-0.15, -0.1) is 14.8 Å². The maximum atomic E-state index is 5.62. The summed E-state index contributed by atoms with van der Waals surface area (Å²) in [4.78, 5) is 0. The van der Waals surface area contributed by atoms with Gasteiger partial charge in [0.1, 0.15) is 5.75 Å². The van der Waals surface area contributed by atoms with Crippen molar-refractivity contribution in [1.29, 1.82) is 0 Å². The molecule has 2 aromatic heterocycles. The van der Waals surface area contributed by atoms with Gasteiger partial charge in [0.25, 0.3) is 0 Å². The van der Waals surface area contributed by atoms with E-state index in [9.17, 15) is 0 Å². The standard InChI is InChI=1S/C11H7N5O3/c1-2-8-9(18-6-17-8)5-7(1)19-11-4-3-10-12-14-15-16(10)13-11/h1-5H,6H2. The molecule has 0 aliphatic carbocycles. The Balaban J connectivity index is 1.66. The van der Waals surface area contributed by atoms with Crippen LogP contribution in [0.3, 0.4) is 0 Å². The molecule has 8 nitrogen and oxygen atoms in total. The Bertz CT molecular complexity index is 757. The number of fused-ring (bicyclic) bond motifs is 2. The fourth-order valence-corrected chi connectivity index (χ4v) is 1.75. The predicted molar refractivity (Wildman–Crippen MR) is 61.2 cm³/mol. The first-order valence-electron chi connectivity index (χ1n) is 5.51. The zero-order valence-electron chi connectivity index (χ0n) is 9.55. The van der Waals surface area contributed by atoms with E-state index >= 15 is 0 Å². The maximum Gasteiger partial charge on any atom is 0.239 e. The lowest BCUT2D eigenvalue weighted by molar-refractivity contribution is 0.174. The summed E-state index contributed by atoms with van der Waals surface area (Å²) in [7, 11) is 0. The number of nitrogens with zero attached hydrogens (tertiary/aromatic N) is 5. The van der Waals surface area contributed by atoms with Crippen molar-refractivity contribution in [1.82, 2.24) is 25.3 Å². The van der Waals surface area contributed by atoms with Crippen LogP contribution >= 0.6 is 0 Å². The van der Waals surface area contributed by atoms with Gasteiger partial charge >= 0.3 is 0 Å². The van der Waals surface area contributed by atoms with E-state index < -0.39 is 0 Å². The molecule has 3 heterocycles. The summed E-state index contributed by atoms with van der Waals surface area (Å²) >= 11 is 0. The number of hydrogen-bond donors (Lipinski definition) is 0. The van der Waals surface area contributed by atoms with Gasteiger partial charge in [-0.25, -0.2) is 0 Å². The Morgan fingerprint density at radius 1 is 1.11 bits per heavy atom. The van der Waals surface area contributed by atoms with Crippen LogP contribution in [0.1, 0.15) is 0 Å². The smallest absolute Gasteiger partial charge is 0.239 e. The van der Waals surface area contributed by atoms with E-state index in [0.29, 0.717) is 28.8 Å². The minimum Gasteiger partial charge on any atom is -0.454 e. The highest BCUT2D eigenvalue weighted by atomic mass is 16.7. The van der Waals surface area contributed by atoms with Crippen LogP contribution in [-0.4, -0.2) is 32.0 Å². The molecular weight excluding hydrogens is 250 g/mol. The van der Waals surface area contributed by atoms with Gasteiger partial charge in [0, 0.05) is 12.1 Å². The highest BCUT2D eigenvalue weighted by Gasteiger charge is 2.14. The molecule has 19 heavy (non-hydrogen) atoms. The second-order valence-corrected chi connectivity index (χ2v) is 3.82. The molecule has 0 N–H and O–H groups in total. The molecule has 4 rings (SSSR count). The summed E-state index contributed by atoms with van der Waals surface area (Å²) in [5.74, 6) is 2.35. The highest BCUT2D eigenvalue weighted by Crippen LogP contribution is 2.36. The maximum absolute atomic E-state index is 5.62. The topological polar surface area (TPSA) is 83.7 Å². The van der Waals surface area contributed by atoms with Crippen LogP contribution in [0.15, 0.2) is 30.3 Å². The molecule has 94 valence electrons. The van der Waals surface area contributed by atoms with Crippen LogP contribution in [0.2, 0.25) is 0 Å². The van der Waals surface area contributed by atoms with Gasteiger partial charge in [0.15, 0.2) is 17.1 Å². The fraction of sp³-hybridized carbons (Fsp3) is 0.0909. The van der Waals surface area contributed by atoms with Gasteiger partial charge in [-0.3, -0.25) is 0 Å². The Labute approximate surface area is 106 Å². The van der Waals surface area contributed by atoms with Crippen molar-refractivity contribution in [3.63, 3.8) is 0 Å². The third-order valence-electron chi connectivity index (χ3n) is 2.61. The van der Waals surface area contributed by atoms with Gasteiger partial charge in [0.2, 0.25) is 12.7 Å². The lowest BCUT2D eigenvalue weighted by atomic mass is 10.3. The number of benzene rings is 1. The van der Waals surface area contributed by atoms with Crippen molar-refractivity contribution < 1.29 is 14.2 Å². The third-order valence-corrected chi connectivity index (χ3v) is 2.61. The first-order valence-corrected chi connectivity index (χ1v) is 5.51.